The molecule has 0 saturated carbocycles. The second-order valence-corrected chi connectivity index (χ2v) is 5.32. The zero-order chi connectivity index (χ0) is 13.7. The Morgan fingerprint density at radius 2 is 2.00 bits per heavy atom. The normalized spacial score (nSPS) is 19.1. The maximum atomic E-state index is 11.9. The molecule has 1 aromatic rings. The van der Waals surface area contributed by atoms with Crippen LogP contribution in [-0.4, -0.2) is 35.6 Å². The van der Waals surface area contributed by atoms with Crippen LogP contribution in [0.1, 0.15) is 18.4 Å². The minimum atomic E-state index is -0.601. The lowest BCUT2D eigenvalue weighted by molar-refractivity contribution is -0.152. The van der Waals surface area contributed by atoms with Gasteiger partial charge in [-0.3, -0.25) is 4.79 Å². The van der Waals surface area contributed by atoms with Gasteiger partial charge in [0.05, 0.1) is 0 Å². The predicted octanol–water partition coefficient (Wildman–Crippen LogP) is 1.72. The number of benzene rings is 1. The van der Waals surface area contributed by atoms with Gasteiger partial charge in [0.1, 0.15) is 12.1 Å². The number of rotatable bonds is 4. The third-order valence-corrected chi connectivity index (χ3v) is 3.61. The maximum absolute atomic E-state index is 11.9. The van der Waals surface area contributed by atoms with E-state index in [9.17, 15) is 4.79 Å². The fourth-order valence-electron chi connectivity index (χ4n) is 2.15. The summed E-state index contributed by atoms with van der Waals surface area (Å²) in [5.41, 5.74) is 6.93. The number of piperidine rings is 1. The van der Waals surface area contributed by atoms with Crippen molar-refractivity contribution < 1.29 is 9.53 Å². The fraction of sp³-hybridized carbons (Fsp3) is 0.500. The number of nitrogens with two attached hydrogens (primary N) is 1. The Balaban J connectivity index is 1.79. The lowest BCUT2D eigenvalue weighted by atomic mass is 10.1. The van der Waals surface area contributed by atoms with Crippen molar-refractivity contribution in [2.45, 2.75) is 31.4 Å². The van der Waals surface area contributed by atoms with Gasteiger partial charge in [-0.05, 0) is 36.6 Å². The number of carbonyl (C=O) groups excluding carboxylic acids is 1. The molecule has 0 unspecified atom stereocenters. The van der Waals surface area contributed by atoms with Crippen LogP contribution in [0.4, 0.5) is 0 Å². The zero-order valence-electron chi connectivity index (χ0n) is 10.8. The third kappa shape index (κ3) is 4.49. The number of halogens is 1. The van der Waals surface area contributed by atoms with E-state index in [4.69, 9.17) is 22.2 Å². The fourth-order valence-corrected chi connectivity index (χ4v) is 2.34. The van der Waals surface area contributed by atoms with Crippen molar-refractivity contribution in [1.82, 2.24) is 4.42 Å². The largest absolute Gasteiger partial charge is 0.461 e. The van der Waals surface area contributed by atoms with Gasteiger partial charge in [0.15, 0.2) is 0 Å². The number of esters is 1. The first-order chi connectivity index (χ1) is 9.15. The van der Waals surface area contributed by atoms with E-state index < -0.39 is 6.04 Å². The maximum Gasteiger partial charge on any atom is 0.323 e. The number of carbonyl (C=O) groups is 1. The van der Waals surface area contributed by atoms with Gasteiger partial charge in [-0.15, -0.1) is 0 Å². The summed E-state index contributed by atoms with van der Waals surface area (Å²) in [4.78, 5) is 11.9. The molecule has 0 spiro atoms. The molecule has 0 aromatic heterocycles. The molecule has 5 heteroatoms. The topological polar surface area (TPSA) is 55.6 Å². The van der Waals surface area contributed by atoms with Crippen LogP contribution in [0.2, 0.25) is 0 Å². The molecular formula is C14H19ClN2O2. The molecule has 4 nitrogen and oxygen atoms in total. The van der Waals surface area contributed by atoms with Gasteiger partial charge in [-0.2, -0.15) is 0 Å². The van der Waals surface area contributed by atoms with Crippen LogP contribution in [0.5, 0.6) is 0 Å². The smallest absolute Gasteiger partial charge is 0.323 e. The van der Waals surface area contributed by atoms with E-state index in [1.807, 2.05) is 30.3 Å². The van der Waals surface area contributed by atoms with Crippen molar-refractivity contribution in [3.05, 3.63) is 35.9 Å². The summed E-state index contributed by atoms with van der Waals surface area (Å²) in [7, 11) is 0. The molecular weight excluding hydrogens is 264 g/mol. The van der Waals surface area contributed by atoms with Gasteiger partial charge < -0.3 is 10.5 Å². The van der Waals surface area contributed by atoms with Crippen molar-refractivity contribution in [3.8, 4) is 0 Å². The molecule has 1 heterocycles. The highest BCUT2D eigenvalue weighted by Crippen LogP contribution is 2.16. The summed E-state index contributed by atoms with van der Waals surface area (Å²) in [6.45, 7) is 1.49. The van der Waals surface area contributed by atoms with E-state index >= 15 is 0 Å². The van der Waals surface area contributed by atoms with Crippen LogP contribution in [0.15, 0.2) is 30.3 Å². The van der Waals surface area contributed by atoms with E-state index in [0.29, 0.717) is 6.42 Å². The van der Waals surface area contributed by atoms with Crippen LogP contribution in [0.25, 0.3) is 0 Å². The molecule has 1 atom stereocenters. The average molecular weight is 283 g/mol. The highest BCUT2D eigenvalue weighted by atomic mass is 35.5. The lowest BCUT2D eigenvalue weighted by Crippen LogP contribution is -2.39. The molecule has 1 fully saturated rings. The van der Waals surface area contributed by atoms with Gasteiger partial charge in [0, 0.05) is 13.1 Å². The lowest BCUT2D eigenvalue weighted by Gasteiger charge is -2.27. The average Bonchev–Trinajstić information content (AvgIpc) is 2.42. The summed E-state index contributed by atoms with van der Waals surface area (Å²) in [5.74, 6) is -0.322. The van der Waals surface area contributed by atoms with Crippen molar-refractivity contribution in [3.63, 3.8) is 0 Å². The first-order valence-corrected chi connectivity index (χ1v) is 6.89. The molecule has 1 aromatic carbocycles. The first-order valence-electron chi connectivity index (χ1n) is 6.56. The number of ether oxygens (including phenoxy) is 1. The molecule has 104 valence electrons. The second kappa shape index (κ2) is 6.89. The van der Waals surface area contributed by atoms with Crippen LogP contribution in [0.3, 0.4) is 0 Å². The van der Waals surface area contributed by atoms with E-state index in [1.54, 1.807) is 4.42 Å². The van der Waals surface area contributed by atoms with E-state index in [-0.39, 0.29) is 12.1 Å². The first kappa shape index (κ1) is 14.3. The monoisotopic (exact) mass is 282 g/mol. The Morgan fingerprint density at radius 1 is 1.37 bits per heavy atom. The quantitative estimate of drug-likeness (QED) is 0.675. The van der Waals surface area contributed by atoms with Crippen molar-refractivity contribution in [2.24, 2.45) is 5.73 Å². The van der Waals surface area contributed by atoms with Crippen molar-refractivity contribution in [1.29, 1.82) is 0 Å². The Bertz CT molecular complexity index is 405. The molecule has 0 aliphatic carbocycles. The highest BCUT2D eigenvalue weighted by molar-refractivity contribution is 6.13. The summed E-state index contributed by atoms with van der Waals surface area (Å²) in [6, 6.07) is 9.12. The zero-order valence-corrected chi connectivity index (χ0v) is 11.6. The van der Waals surface area contributed by atoms with Crippen molar-refractivity contribution in [2.75, 3.05) is 13.1 Å². The molecule has 2 rings (SSSR count). The van der Waals surface area contributed by atoms with Crippen molar-refractivity contribution >= 4 is 17.7 Å². The number of hydrogen-bond acceptors (Lipinski definition) is 4. The predicted molar refractivity (Wildman–Crippen MR) is 74.7 cm³/mol. The van der Waals surface area contributed by atoms with Gasteiger partial charge >= 0.3 is 5.97 Å². The molecule has 19 heavy (non-hydrogen) atoms. The van der Waals surface area contributed by atoms with Crippen LogP contribution in [-0.2, 0) is 16.0 Å². The van der Waals surface area contributed by atoms with Crippen LogP contribution < -0.4 is 5.73 Å². The summed E-state index contributed by atoms with van der Waals surface area (Å²) in [5, 5.41) is 0. The Morgan fingerprint density at radius 3 is 2.63 bits per heavy atom. The summed E-state index contributed by atoms with van der Waals surface area (Å²) in [6.07, 6.45) is 2.00. The minimum Gasteiger partial charge on any atom is -0.461 e. The number of nitrogens with zero attached hydrogens (tertiary/aromatic N) is 1. The van der Waals surface area contributed by atoms with E-state index in [1.165, 1.54) is 0 Å². The third-order valence-electron chi connectivity index (χ3n) is 3.27. The second-order valence-electron chi connectivity index (χ2n) is 4.84. The summed E-state index contributed by atoms with van der Waals surface area (Å²) >= 11 is 5.86. The van der Waals surface area contributed by atoms with Gasteiger partial charge in [-0.1, -0.05) is 30.3 Å². The standard InChI is InChI=1S/C14H19ClN2O2/c15-17-8-6-12(7-9-17)19-14(18)13(16)10-11-4-2-1-3-5-11/h1-5,12-13H,6-10,16H2/t13-/m1/s1. The molecule has 1 saturated heterocycles. The Labute approximate surface area is 118 Å². The SMILES string of the molecule is N[C@H](Cc1ccccc1)C(=O)OC1CCN(Cl)CC1. The molecule has 1 aliphatic rings. The molecule has 0 amide bonds. The van der Waals surface area contributed by atoms with Crippen LogP contribution >= 0.6 is 11.8 Å². The van der Waals surface area contributed by atoms with Gasteiger partial charge in [0.2, 0.25) is 0 Å². The Hall–Kier alpha value is -1.10. The minimum absolute atomic E-state index is 0.0516. The molecule has 1 aliphatic heterocycles. The van der Waals surface area contributed by atoms with Gasteiger partial charge in [0.25, 0.3) is 0 Å². The molecule has 0 radical (unpaired) electrons. The molecule has 2 N–H and O–H groups in total. The van der Waals surface area contributed by atoms with E-state index in [0.717, 1.165) is 31.5 Å². The summed E-state index contributed by atoms with van der Waals surface area (Å²) < 4.78 is 7.14. The highest BCUT2D eigenvalue weighted by Gasteiger charge is 2.24. The van der Waals surface area contributed by atoms with E-state index in [2.05, 4.69) is 0 Å². The Kier molecular flexibility index (Phi) is 5.19. The number of hydrogen-bond donors (Lipinski definition) is 1. The van der Waals surface area contributed by atoms with Crippen LogP contribution in [0, 0.1) is 0 Å². The molecule has 0 bridgehead atoms. The van der Waals surface area contributed by atoms with Gasteiger partial charge in [-0.25, -0.2) is 4.42 Å².